The lowest BCUT2D eigenvalue weighted by Crippen LogP contribution is -2.34. The van der Waals surface area contributed by atoms with E-state index in [0.717, 1.165) is 27.6 Å². The number of H-pyrrole nitrogens is 1. The Morgan fingerprint density at radius 3 is 2.50 bits per heavy atom. The van der Waals surface area contributed by atoms with Gasteiger partial charge in [0, 0.05) is 41.3 Å². The van der Waals surface area contributed by atoms with Crippen molar-refractivity contribution in [3.63, 3.8) is 0 Å². The van der Waals surface area contributed by atoms with Crippen LogP contribution >= 0.6 is 11.8 Å². The minimum atomic E-state index is -0.598. The Labute approximate surface area is 259 Å². The van der Waals surface area contributed by atoms with Crippen molar-refractivity contribution in [2.75, 3.05) is 11.4 Å². The zero-order chi connectivity index (χ0) is 30.5. The number of nitrogens with one attached hydrogen (secondary N) is 2. The fourth-order valence-electron chi connectivity index (χ4n) is 5.37. The molecule has 1 aliphatic heterocycles. The van der Waals surface area contributed by atoms with Crippen molar-refractivity contribution in [3.05, 3.63) is 132 Å². The summed E-state index contributed by atoms with van der Waals surface area (Å²) >= 11 is 1.42. The standard InChI is InChI=1S/C35H32N4O4S/c36-33(41)25-9-6-10-27(19-25)39-34(42)31(20-32(40)37-18-17-26-21-38-30-12-5-4-11-29(26)30)44-35(39)24-13-15-28(16-14-24)43-22-23-7-2-1-3-8-23/h1-16,19,21,31,35,38H,17-18,20,22H2,(H2,36,41)(H,37,40)/t31-,35+/m1/s1. The highest BCUT2D eigenvalue weighted by atomic mass is 32.2. The van der Waals surface area contributed by atoms with Crippen LogP contribution in [0.4, 0.5) is 5.69 Å². The van der Waals surface area contributed by atoms with E-state index in [1.54, 1.807) is 29.2 Å². The number of primary amides is 1. The van der Waals surface area contributed by atoms with E-state index in [-0.39, 0.29) is 18.2 Å². The first-order valence-electron chi connectivity index (χ1n) is 14.4. The summed E-state index contributed by atoms with van der Waals surface area (Å²) in [7, 11) is 0. The molecule has 2 heterocycles. The molecular weight excluding hydrogens is 572 g/mol. The van der Waals surface area contributed by atoms with Gasteiger partial charge in [0.2, 0.25) is 17.7 Å². The summed E-state index contributed by atoms with van der Waals surface area (Å²) in [6, 6.07) is 32.3. The third-order valence-electron chi connectivity index (χ3n) is 7.63. The van der Waals surface area contributed by atoms with E-state index in [9.17, 15) is 14.4 Å². The molecule has 0 unspecified atom stereocenters. The molecule has 1 saturated heterocycles. The summed E-state index contributed by atoms with van der Waals surface area (Å²) in [5, 5.41) is 3.12. The third-order valence-corrected chi connectivity index (χ3v) is 9.06. The molecule has 8 nitrogen and oxygen atoms in total. The lowest BCUT2D eigenvalue weighted by atomic mass is 10.1. The summed E-state index contributed by atoms with van der Waals surface area (Å²) in [6.45, 7) is 0.908. The number of fused-ring (bicyclic) bond motifs is 1. The van der Waals surface area contributed by atoms with Gasteiger partial charge in [-0.1, -0.05) is 66.7 Å². The van der Waals surface area contributed by atoms with Crippen LogP contribution in [0.5, 0.6) is 5.75 Å². The van der Waals surface area contributed by atoms with Gasteiger partial charge in [-0.25, -0.2) is 0 Å². The molecule has 1 fully saturated rings. The molecule has 9 heteroatoms. The first kappa shape index (κ1) is 29.1. The second-order valence-corrected chi connectivity index (χ2v) is 11.9. The zero-order valence-corrected chi connectivity index (χ0v) is 24.8. The molecular formula is C35H32N4O4S. The average molecular weight is 605 g/mol. The van der Waals surface area contributed by atoms with E-state index in [0.29, 0.717) is 36.6 Å². The molecule has 44 heavy (non-hydrogen) atoms. The van der Waals surface area contributed by atoms with E-state index >= 15 is 0 Å². The molecule has 5 aromatic rings. The van der Waals surface area contributed by atoms with Gasteiger partial charge in [0.15, 0.2) is 0 Å². The van der Waals surface area contributed by atoms with Crippen LogP contribution in [0, 0.1) is 0 Å². The van der Waals surface area contributed by atoms with Crippen LogP contribution in [0.3, 0.4) is 0 Å². The van der Waals surface area contributed by atoms with Crippen LogP contribution in [0.25, 0.3) is 10.9 Å². The van der Waals surface area contributed by atoms with Crippen molar-refractivity contribution >= 4 is 46.1 Å². The quantitative estimate of drug-likeness (QED) is 0.178. The van der Waals surface area contributed by atoms with E-state index < -0.39 is 16.5 Å². The second-order valence-electron chi connectivity index (χ2n) is 10.6. The van der Waals surface area contributed by atoms with Gasteiger partial charge in [-0.05, 0) is 59.5 Å². The number of aromatic amines is 1. The van der Waals surface area contributed by atoms with Crippen LogP contribution in [0.15, 0.2) is 109 Å². The van der Waals surface area contributed by atoms with Crippen molar-refractivity contribution in [1.29, 1.82) is 0 Å². The minimum absolute atomic E-state index is 0.0398. The molecule has 1 aromatic heterocycles. The number of nitrogens with zero attached hydrogens (tertiary/aromatic N) is 1. The van der Waals surface area contributed by atoms with Crippen LogP contribution < -0.4 is 20.7 Å². The predicted molar refractivity (Wildman–Crippen MR) is 173 cm³/mol. The first-order chi connectivity index (χ1) is 21.5. The van der Waals surface area contributed by atoms with Crippen molar-refractivity contribution in [1.82, 2.24) is 10.3 Å². The maximum Gasteiger partial charge on any atom is 0.248 e. The van der Waals surface area contributed by atoms with Gasteiger partial charge in [0.1, 0.15) is 17.7 Å². The minimum Gasteiger partial charge on any atom is -0.489 e. The summed E-state index contributed by atoms with van der Waals surface area (Å²) in [4.78, 5) is 43.7. The van der Waals surface area contributed by atoms with Crippen LogP contribution in [-0.4, -0.2) is 34.5 Å². The van der Waals surface area contributed by atoms with Gasteiger partial charge in [0.05, 0.1) is 5.25 Å². The zero-order valence-electron chi connectivity index (χ0n) is 23.9. The van der Waals surface area contributed by atoms with E-state index in [2.05, 4.69) is 16.4 Å². The number of thioether (sulfide) groups is 1. The SMILES string of the molecule is NC(=O)c1cccc(N2C(=O)[C@@H](CC(=O)NCCc3c[nH]c4ccccc34)S[C@H]2c2ccc(OCc3ccccc3)cc2)c1. The molecule has 1 aliphatic rings. The molecule has 0 saturated carbocycles. The molecule has 0 aliphatic carbocycles. The molecule has 0 spiro atoms. The number of amides is 3. The van der Waals surface area contributed by atoms with Crippen molar-refractivity contribution in [2.45, 2.75) is 30.1 Å². The highest BCUT2D eigenvalue weighted by Crippen LogP contribution is 2.47. The fraction of sp³-hybridized carbons (Fsp3) is 0.171. The number of hydrogen-bond donors (Lipinski definition) is 3. The fourth-order valence-corrected chi connectivity index (χ4v) is 6.82. The monoisotopic (exact) mass is 604 g/mol. The van der Waals surface area contributed by atoms with Crippen molar-refractivity contribution < 1.29 is 19.1 Å². The molecule has 4 aromatic carbocycles. The molecule has 6 rings (SSSR count). The number of aromatic nitrogens is 1. The van der Waals surface area contributed by atoms with Crippen LogP contribution in [0.2, 0.25) is 0 Å². The predicted octanol–water partition coefficient (Wildman–Crippen LogP) is 5.74. The Balaban J connectivity index is 1.16. The van der Waals surface area contributed by atoms with Crippen LogP contribution in [-0.2, 0) is 22.6 Å². The van der Waals surface area contributed by atoms with Gasteiger partial charge in [-0.3, -0.25) is 19.3 Å². The Kier molecular flexibility index (Phi) is 8.65. The number of carbonyl (C=O) groups is 3. The Hall–Kier alpha value is -5.02. The molecule has 2 atom stereocenters. The lowest BCUT2D eigenvalue weighted by molar-refractivity contribution is -0.124. The molecule has 222 valence electrons. The number of benzene rings is 4. The highest BCUT2D eigenvalue weighted by Gasteiger charge is 2.43. The summed E-state index contributed by atoms with van der Waals surface area (Å²) in [5.74, 6) is -0.251. The number of ether oxygens (including phenoxy) is 1. The summed E-state index contributed by atoms with van der Waals surface area (Å²) in [6.07, 6.45) is 2.68. The summed E-state index contributed by atoms with van der Waals surface area (Å²) < 4.78 is 5.95. The van der Waals surface area contributed by atoms with Crippen molar-refractivity contribution in [3.8, 4) is 5.75 Å². The number of para-hydroxylation sites is 1. The second kappa shape index (κ2) is 13.1. The number of nitrogens with two attached hydrogens (primary N) is 1. The first-order valence-corrected chi connectivity index (χ1v) is 15.4. The number of anilines is 1. The smallest absolute Gasteiger partial charge is 0.248 e. The average Bonchev–Trinajstić information content (AvgIpc) is 3.61. The van der Waals surface area contributed by atoms with E-state index in [1.165, 1.54) is 11.8 Å². The molecule has 4 N–H and O–H groups in total. The van der Waals surface area contributed by atoms with Gasteiger partial charge in [0.25, 0.3) is 0 Å². The lowest BCUT2D eigenvalue weighted by Gasteiger charge is -2.25. The largest absolute Gasteiger partial charge is 0.489 e. The number of hydrogen-bond acceptors (Lipinski definition) is 5. The van der Waals surface area contributed by atoms with Crippen LogP contribution in [0.1, 0.15) is 38.8 Å². The van der Waals surface area contributed by atoms with Crippen molar-refractivity contribution in [2.24, 2.45) is 5.73 Å². The number of carbonyl (C=O) groups excluding carboxylic acids is 3. The topological polar surface area (TPSA) is 118 Å². The van der Waals surface area contributed by atoms with E-state index in [1.807, 2.05) is 79.0 Å². The maximum absolute atomic E-state index is 13.8. The van der Waals surface area contributed by atoms with Gasteiger partial charge in [-0.15, -0.1) is 11.8 Å². The maximum atomic E-state index is 13.8. The third kappa shape index (κ3) is 6.48. The van der Waals surface area contributed by atoms with Gasteiger partial charge >= 0.3 is 0 Å². The highest BCUT2D eigenvalue weighted by molar-refractivity contribution is 8.01. The Morgan fingerprint density at radius 2 is 1.70 bits per heavy atom. The summed E-state index contributed by atoms with van der Waals surface area (Å²) in [5.41, 5.74) is 10.5. The molecule has 3 amide bonds. The Morgan fingerprint density at radius 1 is 0.932 bits per heavy atom. The Bertz CT molecular complexity index is 1790. The van der Waals surface area contributed by atoms with E-state index in [4.69, 9.17) is 10.5 Å². The van der Waals surface area contributed by atoms with Gasteiger partial charge in [-0.2, -0.15) is 0 Å². The normalized spacial score (nSPS) is 16.3. The molecule has 0 bridgehead atoms. The van der Waals surface area contributed by atoms with Gasteiger partial charge < -0.3 is 20.8 Å². The number of rotatable bonds is 11. The molecule has 0 radical (unpaired) electrons.